The van der Waals surface area contributed by atoms with Crippen LogP contribution in [0.15, 0.2) is 0 Å². The van der Waals surface area contributed by atoms with Crippen LogP contribution in [-0.2, 0) is 9.59 Å². The van der Waals surface area contributed by atoms with Crippen LogP contribution in [0.1, 0.15) is 32.6 Å². The molecule has 0 amide bonds. The number of aliphatic carboxylic acids is 1. The van der Waals surface area contributed by atoms with Crippen LogP contribution in [0.25, 0.3) is 0 Å². The van der Waals surface area contributed by atoms with E-state index in [0.717, 1.165) is 6.42 Å². The molecule has 0 aromatic heterocycles. The molecule has 0 rings (SSSR count). The molecule has 0 spiro atoms. The van der Waals surface area contributed by atoms with Crippen molar-refractivity contribution in [1.82, 2.24) is 0 Å². The highest BCUT2D eigenvalue weighted by Crippen LogP contribution is 2.00. The van der Waals surface area contributed by atoms with E-state index >= 15 is 0 Å². The minimum absolute atomic E-state index is 0.0919. The van der Waals surface area contributed by atoms with Gasteiger partial charge in [-0.1, -0.05) is 6.92 Å². The van der Waals surface area contributed by atoms with Crippen molar-refractivity contribution in [1.29, 1.82) is 0 Å². The molecule has 3 N–H and O–H groups in total. The van der Waals surface area contributed by atoms with Gasteiger partial charge in [0.05, 0.1) is 0 Å². The maximum Gasteiger partial charge on any atom is 0.320 e. The Balaban J connectivity index is 3.54. The quantitative estimate of drug-likeness (QED) is 0.614. The first kappa shape index (κ1) is 11.1. The smallest absolute Gasteiger partial charge is 0.320 e. The third-order valence-electron chi connectivity index (χ3n) is 1.58. The number of rotatable bonds is 6. The molecule has 0 aromatic rings. The first-order valence-electron chi connectivity index (χ1n) is 4.08. The number of ketones is 1. The molecule has 70 valence electrons. The molecule has 0 fully saturated rings. The number of carboxylic acids is 1. The van der Waals surface area contributed by atoms with Crippen molar-refractivity contribution in [3.8, 4) is 0 Å². The van der Waals surface area contributed by atoms with Gasteiger partial charge in [0.25, 0.3) is 0 Å². The molecule has 4 nitrogen and oxygen atoms in total. The third-order valence-corrected chi connectivity index (χ3v) is 1.58. The number of carbonyl (C=O) groups excluding carboxylic acids is 1. The molecule has 0 saturated carbocycles. The minimum atomic E-state index is -1.04. The van der Waals surface area contributed by atoms with E-state index < -0.39 is 12.0 Å². The SMILES string of the molecule is CCCC(=O)CC[C@H](N)C(=O)O. The van der Waals surface area contributed by atoms with E-state index in [0.29, 0.717) is 6.42 Å². The number of nitrogens with two attached hydrogens (primary N) is 1. The Hall–Kier alpha value is -0.900. The van der Waals surface area contributed by atoms with Crippen LogP contribution in [0, 0.1) is 0 Å². The average molecular weight is 173 g/mol. The lowest BCUT2D eigenvalue weighted by molar-refractivity contribution is -0.138. The van der Waals surface area contributed by atoms with Crippen molar-refractivity contribution < 1.29 is 14.7 Å². The van der Waals surface area contributed by atoms with Gasteiger partial charge in [-0.2, -0.15) is 0 Å². The van der Waals surface area contributed by atoms with Gasteiger partial charge in [-0.3, -0.25) is 9.59 Å². The van der Waals surface area contributed by atoms with E-state index in [9.17, 15) is 9.59 Å². The van der Waals surface area contributed by atoms with Gasteiger partial charge in [-0.25, -0.2) is 0 Å². The van der Waals surface area contributed by atoms with Crippen molar-refractivity contribution in [2.45, 2.75) is 38.6 Å². The van der Waals surface area contributed by atoms with Crippen molar-refractivity contribution in [3.05, 3.63) is 0 Å². The fourth-order valence-electron chi connectivity index (χ4n) is 0.844. The van der Waals surface area contributed by atoms with Crippen LogP contribution in [-0.4, -0.2) is 22.9 Å². The average Bonchev–Trinajstić information content (AvgIpc) is 2.00. The molecule has 0 bridgehead atoms. The summed E-state index contributed by atoms with van der Waals surface area (Å²) in [4.78, 5) is 21.2. The van der Waals surface area contributed by atoms with E-state index in [-0.39, 0.29) is 18.6 Å². The molecule has 0 heterocycles. The number of carbonyl (C=O) groups is 2. The van der Waals surface area contributed by atoms with Gasteiger partial charge >= 0.3 is 5.97 Å². The van der Waals surface area contributed by atoms with E-state index in [4.69, 9.17) is 10.8 Å². The van der Waals surface area contributed by atoms with Crippen LogP contribution < -0.4 is 5.73 Å². The first-order valence-corrected chi connectivity index (χ1v) is 4.08. The van der Waals surface area contributed by atoms with Gasteiger partial charge < -0.3 is 10.8 Å². The monoisotopic (exact) mass is 173 g/mol. The van der Waals surface area contributed by atoms with Crippen molar-refractivity contribution in [3.63, 3.8) is 0 Å². The van der Waals surface area contributed by atoms with Crippen LogP contribution in [0.4, 0.5) is 0 Å². The molecule has 0 unspecified atom stereocenters. The summed E-state index contributed by atoms with van der Waals surface area (Å²) < 4.78 is 0. The van der Waals surface area contributed by atoms with Gasteiger partial charge in [0, 0.05) is 12.8 Å². The molecule has 0 radical (unpaired) electrons. The van der Waals surface area contributed by atoms with Crippen LogP contribution in [0.3, 0.4) is 0 Å². The molecule has 12 heavy (non-hydrogen) atoms. The molecule has 4 heteroatoms. The standard InChI is InChI=1S/C8H15NO3/c1-2-3-6(10)4-5-7(9)8(11)12/h7H,2-5,9H2,1H3,(H,11,12)/t7-/m0/s1. The summed E-state index contributed by atoms with van der Waals surface area (Å²) in [7, 11) is 0. The maximum absolute atomic E-state index is 10.9. The Morgan fingerprint density at radius 2 is 2.00 bits per heavy atom. The molecule has 0 saturated heterocycles. The molecular formula is C8H15NO3. The predicted molar refractivity (Wildman–Crippen MR) is 44.8 cm³/mol. The Bertz CT molecular complexity index is 168. The van der Waals surface area contributed by atoms with E-state index in [1.165, 1.54) is 0 Å². The largest absolute Gasteiger partial charge is 0.480 e. The summed E-state index contributed by atoms with van der Waals surface area (Å²) in [6.07, 6.45) is 1.85. The highest BCUT2D eigenvalue weighted by atomic mass is 16.4. The second-order valence-electron chi connectivity index (χ2n) is 2.77. The summed E-state index contributed by atoms with van der Waals surface area (Å²) >= 11 is 0. The highest BCUT2D eigenvalue weighted by molar-refractivity contribution is 5.79. The third kappa shape index (κ3) is 4.85. The van der Waals surface area contributed by atoms with E-state index in [1.54, 1.807) is 0 Å². The molecule has 0 aliphatic heterocycles. The molecule has 0 aromatic carbocycles. The van der Waals surface area contributed by atoms with Gasteiger partial charge in [0.2, 0.25) is 0 Å². The molecule has 1 atom stereocenters. The summed E-state index contributed by atoms with van der Waals surface area (Å²) in [6.45, 7) is 1.91. The van der Waals surface area contributed by atoms with Gasteiger partial charge in [-0.05, 0) is 12.8 Å². The Morgan fingerprint density at radius 1 is 1.42 bits per heavy atom. The fourth-order valence-corrected chi connectivity index (χ4v) is 0.844. The van der Waals surface area contributed by atoms with Crippen molar-refractivity contribution in [2.24, 2.45) is 5.73 Å². The minimum Gasteiger partial charge on any atom is -0.480 e. The van der Waals surface area contributed by atoms with Crippen molar-refractivity contribution in [2.75, 3.05) is 0 Å². The lowest BCUT2D eigenvalue weighted by Crippen LogP contribution is -2.30. The normalized spacial score (nSPS) is 12.5. The number of Topliss-reactive ketones (excluding diaryl/α,β-unsaturated/α-hetero) is 1. The van der Waals surface area contributed by atoms with Crippen LogP contribution in [0.5, 0.6) is 0 Å². The highest BCUT2D eigenvalue weighted by Gasteiger charge is 2.12. The number of hydrogen-bond acceptors (Lipinski definition) is 3. The Kier molecular flexibility index (Phi) is 5.28. The van der Waals surface area contributed by atoms with Crippen LogP contribution >= 0.6 is 0 Å². The molecular weight excluding hydrogens is 158 g/mol. The van der Waals surface area contributed by atoms with E-state index in [1.807, 2.05) is 6.92 Å². The van der Waals surface area contributed by atoms with Gasteiger partial charge in [0.1, 0.15) is 11.8 Å². The zero-order valence-electron chi connectivity index (χ0n) is 7.25. The predicted octanol–water partition coefficient (Wildman–Crippen LogP) is 0.548. The van der Waals surface area contributed by atoms with Gasteiger partial charge in [-0.15, -0.1) is 0 Å². The lowest BCUT2D eigenvalue weighted by Gasteiger charge is -2.03. The Morgan fingerprint density at radius 3 is 2.42 bits per heavy atom. The summed E-state index contributed by atoms with van der Waals surface area (Å²) in [5, 5.41) is 8.39. The second-order valence-corrected chi connectivity index (χ2v) is 2.77. The number of carboxylic acid groups (broad SMARTS) is 1. The van der Waals surface area contributed by atoms with Crippen LogP contribution in [0.2, 0.25) is 0 Å². The summed E-state index contributed by atoms with van der Waals surface area (Å²) in [6, 6.07) is -0.897. The molecule has 0 aliphatic carbocycles. The maximum atomic E-state index is 10.9. The van der Waals surface area contributed by atoms with Gasteiger partial charge in [0.15, 0.2) is 0 Å². The lowest BCUT2D eigenvalue weighted by atomic mass is 10.1. The summed E-state index contributed by atoms with van der Waals surface area (Å²) in [5.74, 6) is -0.950. The zero-order chi connectivity index (χ0) is 9.56. The Labute approximate surface area is 71.8 Å². The van der Waals surface area contributed by atoms with E-state index in [2.05, 4.69) is 0 Å². The fraction of sp³-hybridized carbons (Fsp3) is 0.750. The second kappa shape index (κ2) is 5.71. The number of hydrogen-bond donors (Lipinski definition) is 2. The van der Waals surface area contributed by atoms with Crippen molar-refractivity contribution >= 4 is 11.8 Å². The summed E-state index contributed by atoms with van der Waals surface area (Å²) in [5.41, 5.74) is 5.21. The molecule has 0 aliphatic rings. The zero-order valence-corrected chi connectivity index (χ0v) is 7.25. The topological polar surface area (TPSA) is 80.4 Å². The first-order chi connectivity index (χ1) is 5.57.